The van der Waals surface area contributed by atoms with Crippen molar-refractivity contribution in [2.24, 2.45) is 17.3 Å². The van der Waals surface area contributed by atoms with Gasteiger partial charge in [0, 0.05) is 35.7 Å². The Hall–Kier alpha value is -2.67. The number of carbonyl (C=O) groups is 2. The normalized spacial score (nSPS) is 31.7. The van der Waals surface area contributed by atoms with E-state index < -0.39 is 16.6 Å². The monoisotopic (exact) mass is 411 g/mol. The Morgan fingerprint density at radius 1 is 1.20 bits per heavy atom. The Labute approximate surface area is 173 Å². The SMILES string of the molecule is CC(=O)Nc1ccc2c(COC(=O)C34CC5CC(CC(O)(C5)C3)C4)cc(=O)oc2c1. The van der Waals surface area contributed by atoms with Gasteiger partial charge in [-0.1, -0.05) is 0 Å². The van der Waals surface area contributed by atoms with Crippen molar-refractivity contribution in [1.82, 2.24) is 0 Å². The Kier molecular flexibility index (Phi) is 4.29. The molecule has 2 N–H and O–H groups in total. The molecule has 4 aliphatic rings. The highest BCUT2D eigenvalue weighted by Crippen LogP contribution is 2.62. The van der Waals surface area contributed by atoms with E-state index in [2.05, 4.69) is 5.32 Å². The number of rotatable bonds is 4. The second-order valence-corrected chi connectivity index (χ2v) is 9.52. The number of esters is 1. The number of hydrogen-bond donors (Lipinski definition) is 2. The third kappa shape index (κ3) is 3.31. The molecule has 2 unspecified atom stereocenters. The van der Waals surface area contributed by atoms with Crippen molar-refractivity contribution in [3.63, 3.8) is 0 Å². The summed E-state index contributed by atoms with van der Waals surface area (Å²) < 4.78 is 11.0. The number of nitrogens with one attached hydrogen (secondary N) is 1. The smallest absolute Gasteiger partial charge is 0.336 e. The molecule has 4 fully saturated rings. The molecule has 7 heteroatoms. The Morgan fingerprint density at radius 2 is 1.93 bits per heavy atom. The van der Waals surface area contributed by atoms with E-state index in [1.165, 1.54) is 13.0 Å². The van der Waals surface area contributed by atoms with Crippen molar-refractivity contribution in [2.75, 3.05) is 5.32 Å². The fraction of sp³-hybridized carbons (Fsp3) is 0.522. The molecule has 1 aromatic heterocycles. The summed E-state index contributed by atoms with van der Waals surface area (Å²) in [6.07, 6.45) is 4.71. The van der Waals surface area contributed by atoms with Gasteiger partial charge in [0.15, 0.2) is 0 Å². The second-order valence-electron chi connectivity index (χ2n) is 9.52. The second kappa shape index (κ2) is 6.67. The van der Waals surface area contributed by atoms with Crippen molar-refractivity contribution < 1.29 is 23.8 Å². The first kappa shape index (κ1) is 19.3. The molecule has 1 aromatic carbocycles. The van der Waals surface area contributed by atoms with Crippen LogP contribution >= 0.6 is 0 Å². The number of fused-ring (bicyclic) bond motifs is 1. The molecule has 1 heterocycles. The van der Waals surface area contributed by atoms with Gasteiger partial charge in [-0.2, -0.15) is 0 Å². The maximum Gasteiger partial charge on any atom is 0.336 e. The van der Waals surface area contributed by atoms with Crippen LogP contribution in [0.1, 0.15) is 51.0 Å². The van der Waals surface area contributed by atoms with E-state index in [4.69, 9.17) is 9.15 Å². The average molecular weight is 411 g/mol. The standard InChI is InChI=1S/C23H25NO6/c1-13(25)24-17-2-3-18-16(5-20(26)30-19(18)6-17)11-29-21(27)22-7-14-4-15(8-22)10-23(28,9-14)12-22/h2-3,5-6,14-15,28H,4,7-12H2,1H3,(H,24,25). The van der Waals surface area contributed by atoms with Gasteiger partial charge in [-0.15, -0.1) is 0 Å². The minimum Gasteiger partial charge on any atom is -0.460 e. The van der Waals surface area contributed by atoms with Crippen molar-refractivity contribution >= 4 is 28.5 Å². The van der Waals surface area contributed by atoms with Gasteiger partial charge in [-0.25, -0.2) is 4.79 Å². The van der Waals surface area contributed by atoms with Crippen molar-refractivity contribution in [3.05, 3.63) is 40.2 Å². The molecule has 4 bridgehead atoms. The number of hydrogen-bond acceptors (Lipinski definition) is 6. The fourth-order valence-electron chi connectivity index (χ4n) is 6.38. The zero-order chi connectivity index (χ0) is 21.1. The lowest BCUT2D eigenvalue weighted by Crippen LogP contribution is -2.58. The predicted octanol–water partition coefficient (Wildman–Crippen LogP) is 3.13. The maximum absolute atomic E-state index is 13.1. The molecule has 4 aliphatic carbocycles. The highest BCUT2D eigenvalue weighted by Gasteiger charge is 2.60. The Morgan fingerprint density at radius 3 is 2.60 bits per heavy atom. The van der Waals surface area contributed by atoms with Crippen LogP contribution in [0.4, 0.5) is 5.69 Å². The molecule has 4 saturated carbocycles. The molecule has 1 amide bonds. The van der Waals surface area contributed by atoms with Gasteiger partial charge in [0.2, 0.25) is 5.91 Å². The van der Waals surface area contributed by atoms with Crippen molar-refractivity contribution in [2.45, 2.75) is 57.7 Å². The summed E-state index contributed by atoms with van der Waals surface area (Å²) >= 11 is 0. The summed E-state index contributed by atoms with van der Waals surface area (Å²) in [5.41, 5.74) is -0.473. The maximum atomic E-state index is 13.1. The lowest BCUT2D eigenvalue weighted by Gasteiger charge is -2.58. The molecule has 30 heavy (non-hydrogen) atoms. The average Bonchev–Trinajstić information content (AvgIpc) is 2.62. The van der Waals surface area contributed by atoms with Gasteiger partial charge in [0.05, 0.1) is 11.0 Å². The van der Waals surface area contributed by atoms with Gasteiger partial charge in [0.25, 0.3) is 0 Å². The van der Waals surface area contributed by atoms with Crippen LogP contribution in [0, 0.1) is 17.3 Å². The molecular weight excluding hydrogens is 386 g/mol. The molecule has 0 aliphatic heterocycles. The molecule has 2 aromatic rings. The van der Waals surface area contributed by atoms with Crippen LogP contribution in [0.3, 0.4) is 0 Å². The molecule has 0 radical (unpaired) electrons. The minimum atomic E-state index is -0.732. The summed E-state index contributed by atoms with van der Waals surface area (Å²) in [6.45, 7) is 1.37. The van der Waals surface area contributed by atoms with E-state index in [1.807, 2.05) is 0 Å². The van der Waals surface area contributed by atoms with Gasteiger partial charge >= 0.3 is 11.6 Å². The first-order valence-electron chi connectivity index (χ1n) is 10.5. The summed E-state index contributed by atoms with van der Waals surface area (Å²) in [5.74, 6) is 0.284. The topological polar surface area (TPSA) is 106 Å². The number of aliphatic hydroxyl groups is 1. The quantitative estimate of drug-likeness (QED) is 0.591. The number of carbonyl (C=O) groups excluding carboxylic acids is 2. The summed E-state index contributed by atoms with van der Waals surface area (Å²) in [7, 11) is 0. The third-order valence-corrected chi connectivity index (χ3v) is 6.97. The molecule has 7 nitrogen and oxygen atoms in total. The third-order valence-electron chi connectivity index (χ3n) is 6.97. The predicted molar refractivity (Wildman–Crippen MR) is 109 cm³/mol. The molecular formula is C23H25NO6. The van der Waals surface area contributed by atoms with E-state index >= 15 is 0 Å². The van der Waals surface area contributed by atoms with Crippen LogP contribution < -0.4 is 10.9 Å². The van der Waals surface area contributed by atoms with E-state index in [0.29, 0.717) is 40.5 Å². The number of amides is 1. The zero-order valence-electron chi connectivity index (χ0n) is 16.9. The van der Waals surface area contributed by atoms with E-state index in [1.54, 1.807) is 18.2 Å². The van der Waals surface area contributed by atoms with Gasteiger partial charge in [-0.05, 0) is 62.5 Å². The van der Waals surface area contributed by atoms with Crippen LogP contribution in [0.25, 0.3) is 11.0 Å². The largest absolute Gasteiger partial charge is 0.460 e. The van der Waals surface area contributed by atoms with Crippen LogP contribution in [-0.2, 0) is 20.9 Å². The van der Waals surface area contributed by atoms with Crippen molar-refractivity contribution in [3.8, 4) is 0 Å². The fourth-order valence-corrected chi connectivity index (χ4v) is 6.38. The number of benzene rings is 1. The lowest BCUT2D eigenvalue weighted by atomic mass is 9.48. The van der Waals surface area contributed by atoms with Crippen LogP contribution in [0.15, 0.2) is 33.5 Å². The highest BCUT2D eigenvalue weighted by atomic mass is 16.5. The lowest BCUT2D eigenvalue weighted by molar-refractivity contribution is -0.197. The van der Waals surface area contributed by atoms with Gasteiger partial charge in [-0.3, -0.25) is 9.59 Å². The van der Waals surface area contributed by atoms with Crippen LogP contribution in [0.5, 0.6) is 0 Å². The molecule has 2 atom stereocenters. The molecule has 0 saturated heterocycles. The summed E-state index contributed by atoms with van der Waals surface area (Å²) in [6, 6.07) is 6.36. The van der Waals surface area contributed by atoms with Gasteiger partial charge < -0.3 is 19.6 Å². The Balaban J connectivity index is 1.38. The molecule has 0 spiro atoms. The molecule has 6 rings (SSSR count). The van der Waals surface area contributed by atoms with E-state index in [9.17, 15) is 19.5 Å². The number of ether oxygens (including phenoxy) is 1. The van der Waals surface area contributed by atoms with E-state index in [-0.39, 0.29) is 18.5 Å². The van der Waals surface area contributed by atoms with Crippen LogP contribution in [-0.4, -0.2) is 22.6 Å². The van der Waals surface area contributed by atoms with Crippen molar-refractivity contribution in [1.29, 1.82) is 0 Å². The first-order chi connectivity index (χ1) is 14.2. The Bertz CT molecular complexity index is 1090. The van der Waals surface area contributed by atoms with Gasteiger partial charge in [0.1, 0.15) is 12.2 Å². The highest BCUT2D eigenvalue weighted by molar-refractivity contribution is 5.92. The summed E-state index contributed by atoms with van der Waals surface area (Å²) in [4.78, 5) is 36.4. The first-order valence-corrected chi connectivity index (χ1v) is 10.5. The summed E-state index contributed by atoms with van der Waals surface area (Å²) in [5, 5.41) is 14.2. The zero-order valence-corrected chi connectivity index (χ0v) is 16.9. The van der Waals surface area contributed by atoms with E-state index in [0.717, 1.165) is 32.1 Å². The minimum absolute atomic E-state index is 0.0318. The molecule has 158 valence electrons. The number of anilines is 1. The van der Waals surface area contributed by atoms with Crippen LogP contribution in [0.2, 0.25) is 0 Å².